The third-order valence-corrected chi connectivity index (χ3v) is 8.13. The molecule has 0 aliphatic heterocycles. The van der Waals surface area contributed by atoms with Gasteiger partial charge in [0.1, 0.15) is 17.2 Å². The van der Waals surface area contributed by atoms with Gasteiger partial charge in [0.25, 0.3) is 0 Å². The Morgan fingerprint density at radius 1 is 0.872 bits per heavy atom. The first kappa shape index (κ1) is 29.9. The molecule has 0 atom stereocenters. The summed E-state index contributed by atoms with van der Waals surface area (Å²) in [5.41, 5.74) is 6.58. The molecule has 47 heavy (non-hydrogen) atoms. The molecule has 9 nitrogen and oxygen atoms in total. The predicted molar refractivity (Wildman–Crippen MR) is 173 cm³/mol. The molecular weight excluding hydrogens is 605 g/mol. The van der Waals surface area contributed by atoms with Crippen molar-refractivity contribution in [2.24, 2.45) is 0 Å². The Kier molecular flexibility index (Phi) is 7.55. The Hall–Kier alpha value is -5.78. The van der Waals surface area contributed by atoms with Crippen LogP contribution in [0.2, 0.25) is 0 Å². The lowest BCUT2D eigenvalue weighted by Crippen LogP contribution is -2.10. The fourth-order valence-electron chi connectivity index (χ4n) is 5.64. The lowest BCUT2D eigenvalue weighted by atomic mass is 10.1. The molecule has 3 aromatic carbocycles. The van der Waals surface area contributed by atoms with Gasteiger partial charge < -0.3 is 14.6 Å². The molecule has 1 N–H and O–H groups in total. The van der Waals surface area contributed by atoms with Crippen LogP contribution in [0, 0.1) is 13.8 Å². The van der Waals surface area contributed by atoms with Gasteiger partial charge in [-0.15, -0.1) is 0 Å². The summed E-state index contributed by atoms with van der Waals surface area (Å²) in [6.45, 7) is 4.59. The number of aromatic nitrogens is 7. The van der Waals surface area contributed by atoms with Crippen molar-refractivity contribution in [3.63, 3.8) is 0 Å². The zero-order valence-electron chi connectivity index (χ0n) is 25.9. The van der Waals surface area contributed by atoms with Gasteiger partial charge in [-0.2, -0.15) is 23.4 Å². The van der Waals surface area contributed by atoms with E-state index in [0.29, 0.717) is 23.6 Å². The molecular formula is C35H31F3N8O. The number of aryl methyl sites for hydroxylation is 2. The van der Waals surface area contributed by atoms with E-state index in [9.17, 15) is 13.2 Å². The van der Waals surface area contributed by atoms with Crippen LogP contribution in [-0.4, -0.2) is 40.6 Å². The van der Waals surface area contributed by atoms with Crippen molar-refractivity contribution in [3.05, 3.63) is 132 Å². The molecule has 0 aliphatic rings. The van der Waals surface area contributed by atoms with Crippen molar-refractivity contribution >= 4 is 11.3 Å². The average molecular weight is 637 g/mol. The maximum Gasteiger partial charge on any atom is 0.416 e. The summed E-state index contributed by atoms with van der Waals surface area (Å²) in [7, 11) is 1.65. The van der Waals surface area contributed by atoms with Gasteiger partial charge in [-0.05, 0) is 73.0 Å². The predicted octanol–water partition coefficient (Wildman–Crippen LogP) is 7.48. The van der Waals surface area contributed by atoms with Gasteiger partial charge in [-0.3, -0.25) is 9.25 Å². The fraction of sp³-hybridized carbons (Fsp3) is 0.171. The van der Waals surface area contributed by atoms with Crippen molar-refractivity contribution < 1.29 is 17.9 Å². The summed E-state index contributed by atoms with van der Waals surface area (Å²) in [4.78, 5) is 4.16. The topological polar surface area (TPSA) is 79.1 Å². The van der Waals surface area contributed by atoms with E-state index in [1.807, 2.05) is 87.8 Å². The number of fused-ring (bicyclic) bond motifs is 1. The van der Waals surface area contributed by atoms with Crippen LogP contribution in [0.25, 0.3) is 28.3 Å². The van der Waals surface area contributed by atoms with E-state index >= 15 is 0 Å². The van der Waals surface area contributed by atoms with Crippen molar-refractivity contribution in [2.75, 3.05) is 12.4 Å². The molecule has 0 spiro atoms. The molecule has 0 saturated heterocycles. The summed E-state index contributed by atoms with van der Waals surface area (Å²) in [6.07, 6.45) is 6.36. The van der Waals surface area contributed by atoms with Crippen LogP contribution in [0.5, 0.6) is 5.75 Å². The highest BCUT2D eigenvalue weighted by atomic mass is 19.4. The van der Waals surface area contributed by atoms with E-state index in [-0.39, 0.29) is 6.54 Å². The smallest absolute Gasteiger partial charge is 0.416 e. The standard InChI is InChI=1S/C35H31F3N8O/c1-23-4-7-29(40-19-26-14-28(35(36,37)38)16-30(15-26)44-11-10-39-24(44)2)17-33(23)45-12-13-46-34(45)18-32(42-46)27-20-41-43(22-27)21-25-5-8-31(47-3)9-6-25/h4-18,20,22,40H,19,21H2,1-3H3. The molecule has 0 radical (unpaired) electrons. The van der Waals surface area contributed by atoms with Gasteiger partial charge in [0.05, 0.1) is 36.8 Å². The minimum atomic E-state index is -4.48. The summed E-state index contributed by atoms with van der Waals surface area (Å²) in [5.74, 6) is 1.41. The summed E-state index contributed by atoms with van der Waals surface area (Å²) < 4.78 is 54.0. The first-order valence-corrected chi connectivity index (χ1v) is 14.9. The number of rotatable bonds is 9. The molecule has 0 unspecified atom stereocenters. The van der Waals surface area contributed by atoms with Crippen LogP contribution in [0.15, 0.2) is 104 Å². The van der Waals surface area contributed by atoms with E-state index in [0.717, 1.165) is 51.2 Å². The minimum absolute atomic E-state index is 0.200. The van der Waals surface area contributed by atoms with Gasteiger partial charge in [0, 0.05) is 60.5 Å². The summed E-state index contributed by atoms with van der Waals surface area (Å²) >= 11 is 0. The van der Waals surface area contributed by atoms with Gasteiger partial charge in [0.15, 0.2) is 0 Å². The number of hydrogen-bond acceptors (Lipinski definition) is 5. The lowest BCUT2D eigenvalue weighted by molar-refractivity contribution is -0.137. The number of alkyl halides is 3. The highest BCUT2D eigenvalue weighted by Crippen LogP contribution is 2.32. The van der Waals surface area contributed by atoms with Gasteiger partial charge in [-0.1, -0.05) is 18.2 Å². The third kappa shape index (κ3) is 6.09. The van der Waals surface area contributed by atoms with Gasteiger partial charge >= 0.3 is 6.18 Å². The minimum Gasteiger partial charge on any atom is -0.497 e. The fourth-order valence-corrected chi connectivity index (χ4v) is 5.64. The monoisotopic (exact) mass is 636 g/mol. The highest BCUT2D eigenvalue weighted by Gasteiger charge is 2.31. The highest BCUT2D eigenvalue weighted by molar-refractivity contribution is 5.66. The van der Waals surface area contributed by atoms with Crippen molar-refractivity contribution in [2.45, 2.75) is 33.1 Å². The number of nitrogens with zero attached hydrogens (tertiary/aromatic N) is 7. The zero-order valence-corrected chi connectivity index (χ0v) is 25.9. The van der Waals surface area contributed by atoms with Crippen LogP contribution < -0.4 is 10.1 Å². The number of methoxy groups -OCH3 is 1. The van der Waals surface area contributed by atoms with Crippen molar-refractivity contribution in [1.29, 1.82) is 0 Å². The number of nitrogens with one attached hydrogen (secondary N) is 1. The normalized spacial score (nSPS) is 11.8. The SMILES string of the molecule is COc1ccc(Cn2cc(-c3cc4n(-c5cc(NCc6cc(-n7ccnc7C)cc(C(F)(F)F)c6)ccc5C)ccn4n3)cn2)cc1. The number of halogens is 3. The molecule has 0 aliphatic carbocycles. The van der Waals surface area contributed by atoms with Crippen LogP contribution in [0.1, 0.15) is 28.1 Å². The van der Waals surface area contributed by atoms with Crippen LogP contribution in [0.3, 0.4) is 0 Å². The first-order chi connectivity index (χ1) is 22.6. The molecule has 7 aromatic rings. The second-order valence-corrected chi connectivity index (χ2v) is 11.4. The lowest BCUT2D eigenvalue weighted by Gasteiger charge is -2.15. The first-order valence-electron chi connectivity index (χ1n) is 14.9. The van der Waals surface area contributed by atoms with E-state index in [1.165, 1.54) is 6.07 Å². The number of anilines is 1. The van der Waals surface area contributed by atoms with Gasteiger partial charge in [-0.25, -0.2) is 9.50 Å². The Bertz CT molecular complexity index is 2190. The Balaban J connectivity index is 1.12. The number of ether oxygens (including phenoxy) is 1. The van der Waals surface area contributed by atoms with E-state index in [4.69, 9.17) is 9.84 Å². The van der Waals surface area contributed by atoms with Crippen LogP contribution in [0.4, 0.5) is 18.9 Å². The molecule has 12 heteroatoms. The van der Waals surface area contributed by atoms with E-state index in [2.05, 4.69) is 15.4 Å². The van der Waals surface area contributed by atoms with Gasteiger partial charge in [0.2, 0.25) is 0 Å². The molecule has 0 bridgehead atoms. The Morgan fingerprint density at radius 3 is 2.45 bits per heavy atom. The molecule has 238 valence electrons. The van der Waals surface area contributed by atoms with Crippen molar-refractivity contribution in [3.8, 4) is 28.4 Å². The molecule has 0 fully saturated rings. The summed E-state index contributed by atoms with van der Waals surface area (Å²) in [6, 6.07) is 19.9. The largest absolute Gasteiger partial charge is 0.497 e. The number of imidazole rings is 2. The summed E-state index contributed by atoms with van der Waals surface area (Å²) in [5, 5.41) is 12.6. The van der Waals surface area contributed by atoms with E-state index in [1.54, 1.807) is 43.3 Å². The molecule has 4 heterocycles. The zero-order chi connectivity index (χ0) is 32.7. The average Bonchev–Trinajstić information content (AvgIpc) is 3.86. The Labute approximate surface area is 268 Å². The molecule has 0 saturated carbocycles. The number of hydrogen-bond donors (Lipinski definition) is 1. The maximum absolute atomic E-state index is 13.8. The van der Waals surface area contributed by atoms with Crippen molar-refractivity contribution in [1.82, 2.24) is 33.5 Å². The third-order valence-electron chi connectivity index (χ3n) is 8.13. The maximum atomic E-state index is 13.8. The Morgan fingerprint density at radius 2 is 1.70 bits per heavy atom. The van der Waals surface area contributed by atoms with Crippen LogP contribution in [-0.2, 0) is 19.3 Å². The van der Waals surface area contributed by atoms with E-state index < -0.39 is 11.7 Å². The number of benzene rings is 3. The molecule has 4 aromatic heterocycles. The second-order valence-electron chi connectivity index (χ2n) is 11.4. The molecule has 0 amide bonds. The second kappa shape index (κ2) is 11.9. The van der Waals surface area contributed by atoms with Crippen LogP contribution >= 0.6 is 0 Å². The quantitative estimate of drug-likeness (QED) is 0.178. The molecule has 7 rings (SSSR count).